The van der Waals surface area contributed by atoms with Crippen LogP contribution in [0.4, 0.5) is 0 Å². The molecule has 8 heteroatoms. The van der Waals surface area contributed by atoms with Gasteiger partial charge in [-0.15, -0.1) is 30.6 Å². The Morgan fingerprint density at radius 1 is 1.35 bits per heavy atom. The number of guanidine groups is 1. The van der Waals surface area contributed by atoms with Gasteiger partial charge in [0.25, 0.3) is 0 Å². The highest BCUT2D eigenvalue weighted by Crippen LogP contribution is 2.62. The van der Waals surface area contributed by atoms with Gasteiger partial charge in [0.1, 0.15) is 0 Å². The lowest BCUT2D eigenvalue weighted by atomic mass is 9.46. The fourth-order valence-corrected chi connectivity index (χ4v) is 7.01. The Morgan fingerprint density at radius 2 is 2.15 bits per heavy atom. The monoisotopic (exact) mass is 495 g/mol. The van der Waals surface area contributed by atoms with Crippen molar-refractivity contribution in [2.24, 2.45) is 22.2 Å². The molecule has 2 saturated heterocycles. The Balaban J connectivity index is 0.00000196. The number of halogens is 1. The molecule has 2 heterocycles. The minimum Gasteiger partial charge on any atom is -0.377 e. The van der Waals surface area contributed by atoms with Gasteiger partial charge in [0.2, 0.25) is 0 Å². The summed E-state index contributed by atoms with van der Waals surface area (Å²) in [5.41, 5.74) is 0.300. The molecule has 0 radical (unpaired) electrons. The fourth-order valence-electron chi connectivity index (χ4n) is 5.16. The molecule has 2 aliphatic heterocycles. The van der Waals surface area contributed by atoms with E-state index in [9.17, 15) is 8.42 Å². The first kappa shape index (κ1) is 20.4. The SMILES string of the molecule is C=CCNC(=NCC1CCS(=O)(=O)C1)NC1C2CCOC2C12CCC2.I. The molecule has 148 valence electrons. The molecule has 2 N–H and O–H groups in total. The van der Waals surface area contributed by atoms with E-state index in [1.165, 1.54) is 19.3 Å². The zero-order chi connectivity index (χ0) is 17.5. The molecule has 4 atom stereocenters. The van der Waals surface area contributed by atoms with Gasteiger partial charge in [-0.1, -0.05) is 12.5 Å². The minimum atomic E-state index is -2.84. The molecular weight excluding hydrogens is 465 g/mol. The number of fused-ring (bicyclic) bond motifs is 2. The van der Waals surface area contributed by atoms with Gasteiger partial charge in [-0.2, -0.15) is 0 Å². The summed E-state index contributed by atoms with van der Waals surface area (Å²) in [4.78, 5) is 4.71. The Morgan fingerprint density at radius 3 is 2.77 bits per heavy atom. The number of hydrogen-bond acceptors (Lipinski definition) is 4. The standard InChI is InChI=1S/C18H29N3O3S.HI/c1-2-8-19-17(20-11-13-5-10-25(22,23)12-13)21-15-14-4-9-24-16(14)18(15)6-3-7-18;/h2,13-16H,1,3-12H2,(H2,19,20,21);1H. The van der Waals surface area contributed by atoms with Crippen LogP contribution in [0.5, 0.6) is 0 Å². The maximum atomic E-state index is 11.6. The third kappa shape index (κ3) is 3.65. The van der Waals surface area contributed by atoms with Crippen LogP contribution in [0.2, 0.25) is 0 Å². The van der Waals surface area contributed by atoms with E-state index in [-0.39, 0.29) is 35.6 Å². The molecule has 26 heavy (non-hydrogen) atoms. The number of nitrogens with one attached hydrogen (secondary N) is 2. The van der Waals surface area contributed by atoms with Crippen molar-refractivity contribution in [3.8, 4) is 0 Å². The molecule has 4 aliphatic rings. The highest BCUT2D eigenvalue weighted by atomic mass is 127. The molecule has 6 nitrogen and oxygen atoms in total. The zero-order valence-corrected chi connectivity index (χ0v) is 18.3. The van der Waals surface area contributed by atoms with Crippen molar-refractivity contribution in [2.45, 2.75) is 44.2 Å². The molecule has 1 spiro atoms. The smallest absolute Gasteiger partial charge is 0.191 e. The number of nitrogens with zero attached hydrogens (tertiary/aromatic N) is 1. The van der Waals surface area contributed by atoms with Crippen molar-refractivity contribution < 1.29 is 13.2 Å². The molecule has 4 fully saturated rings. The summed E-state index contributed by atoms with van der Waals surface area (Å²) in [5, 5.41) is 6.97. The van der Waals surface area contributed by atoms with E-state index in [0.29, 0.717) is 42.3 Å². The highest BCUT2D eigenvalue weighted by Gasteiger charge is 2.66. The van der Waals surface area contributed by atoms with Crippen molar-refractivity contribution in [1.29, 1.82) is 0 Å². The van der Waals surface area contributed by atoms with Crippen LogP contribution in [0.25, 0.3) is 0 Å². The van der Waals surface area contributed by atoms with Crippen molar-refractivity contribution in [3.63, 3.8) is 0 Å². The van der Waals surface area contributed by atoms with Crippen LogP contribution in [0.1, 0.15) is 32.1 Å². The first-order chi connectivity index (χ1) is 12.0. The van der Waals surface area contributed by atoms with E-state index in [4.69, 9.17) is 9.73 Å². The normalized spacial score (nSPS) is 36.4. The average Bonchev–Trinajstić information content (AvgIpc) is 3.09. The Hall–Kier alpha value is -0.350. The second kappa shape index (κ2) is 7.95. The van der Waals surface area contributed by atoms with Gasteiger partial charge in [-0.3, -0.25) is 4.99 Å². The summed E-state index contributed by atoms with van der Waals surface area (Å²) in [6.07, 6.45) is 7.87. The summed E-state index contributed by atoms with van der Waals surface area (Å²) in [5.74, 6) is 2.11. The van der Waals surface area contributed by atoms with Gasteiger partial charge < -0.3 is 15.4 Å². The number of ether oxygens (including phenoxy) is 1. The van der Waals surface area contributed by atoms with Crippen molar-refractivity contribution in [2.75, 3.05) is 31.2 Å². The highest BCUT2D eigenvalue weighted by molar-refractivity contribution is 14.0. The lowest BCUT2D eigenvalue weighted by molar-refractivity contribution is -0.171. The second-order valence-electron chi connectivity index (χ2n) is 8.08. The van der Waals surface area contributed by atoms with Crippen LogP contribution in [0.3, 0.4) is 0 Å². The van der Waals surface area contributed by atoms with E-state index < -0.39 is 9.84 Å². The summed E-state index contributed by atoms with van der Waals surface area (Å²) in [7, 11) is -2.84. The molecule has 0 aromatic carbocycles. The van der Waals surface area contributed by atoms with Crippen molar-refractivity contribution in [1.82, 2.24) is 10.6 Å². The Labute approximate surface area is 173 Å². The summed E-state index contributed by atoms with van der Waals surface area (Å²) in [6.45, 7) is 5.86. The van der Waals surface area contributed by atoms with E-state index in [1.54, 1.807) is 0 Å². The van der Waals surface area contributed by atoms with Gasteiger partial charge >= 0.3 is 0 Å². The predicted octanol–water partition coefficient (Wildman–Crippen LogP) is 1.72. The van der Waals surface area contributed by atoms with Gasteiger partial charge in [-0.05, 0) is 31.6 Å². The molecule has 0 bridgehead atoms. The average molecular weight is 495 g/mol. The molecule has 2 saturated carbocycles. The molecule has 0 aromatic rings. The first-order valence-electron chi connectivity index (χ1n) is 9.52. The van der Waals surface area contributed by atoms with Crippen LogP contribution in [-0.2, 0) is 14.6 Å². The minimum absolute atomic E-state index is 0. The predicted molar refractivity (Wildman–Crippen MR) is 114 cm³/mol. The fraction of sp³-hybridized carbons (Fsp3) is 0.833. The largest absolute Gasteiger partial charge is 0.377 e. The lowest BCUT2D eigenvalue weighted by Gasteiger charge is -2.63. The first-order valence-corrected chi connectivity index (χ1v) is 11.3. The van der Waals surface area contributed by atoms with Gasteiger partial charge in [0.05, 0.1) is 17.6 Å². The van der Waals surface area contributed by atoms with E-state index in [0.717, 1.165) is 25.4 Å². The van der Waals surface area contributed by atoms with Crippen molar-refractivity contribution >= 4 is 39.8 Å². The van der Waals surface area contributed by atoms with E-state index in [2.05, 4.69) is 17.2 Å². The van der Waals surface area contributed by atoms with Crippen LogP contribution in [0, 0.1) is 17.3 Å². The maximum absolute atomic E-state index is 11.6. The molecule has 4 unspecified atom stereocenters. The third-order valence-corrected chi connectivity index (χ3v) is 8.41. The quantitative estimate of drug-likeness (QED) is 0.263. The van der Waals surface area contributed by atoms with Crippen LogP contribution in [-0.4, -0.2) is 57.7 Å². The van der Waals surface area contributed by atoms with Crippen LogP contribution in [0.15, 0.2) is 17.6 Å². The Bertz CT molecular complexity index is 663. The summed E-state index contributed by atoms with van der Waals surface area (Å²) < 4.78 is 29.3. The van der Waals surface area contributed by atoms with Crippen LogP contribution < -0.4 is 10.6 Å². The second-order valence-corrected chi connectivity index (χ2v) is 10.3. The van der Waals surface area contributed by atoms with Gasteiger partial charge in [0, 0.05) is 37.1 Å². The molecule has 2 aliphatic carbocycles. The third-order valence-electron chi connectivity index (χ3n) is 6.58. The van der Waals surface area contributed by atoms with E-state index >= 15 is 0 Å². The molecule has 4 rings (SSSR count). The molecule has 0 amide bonds. The number of sulfone groups is 1. The summed E-state index contributed by atoms with van der Waals surface area (Å²) >= 11 is 0. The maximum Gasteiger partial charge on any atom is 0.191 e. The number of rotatable bonds is 5. The Kier molecular flexibility index (Phi) is 6.23. The zero-order valence-electron chi connectivity index (χ0n) is 15.2. The van der Waals surface area contributed by atoms with Gasteiger partial charge in [0.15, 0.2) is 15.8 Å². The van der Waals surface area contributed by atoms with E-state index in [1.807, 2.05) is 6.08 Å². The molecule has 0 aromatic heterocycles. The van der Waals surface area contributed by atoms with Crippen LogP contribution >= 0.6 is 24.0 Å². The van der Waals surface area contributed by atoms with Crippen molar-refractivity contribution in [3.05, 3.63) is 12.7 Å². The number of hydrogen-bond donors (Lipinski definition) is 2. The topological polar surface area (TPSA) is 79.8 Å². The summed E-state index contributed by atoms with van der Waals surface area (Å²) in [6, 6.07) is 0.428. The molecular formula is C18H30IN3O3S. The number of aliphatic imine (C=N–C) groups is 1. The van der Waals surface area contributed by atoms with Gasteiger partial charge in [-0.25, -0.2) is 8.42 Å². The lowest BCUT2D eigenvalue weighted by Crippen LogP contribution is -2.72.